The molecule has 0 spiro atoms. The normalized spacial score (nSPS) is 17.6. The molecule has 0 aliphatic carbocycles. The summed E-state index contributed by atoms with van der Waals surface area (Å²) in [6.07, 6.45) is 0. The molecule has 3 nitrogen and oxygen atoms in total. The molecule has 0 saturated heterocycles. The smallest absolute Gasteiger partial charge is 0.248 e. The van der Waals surface area contributed by atoms with Crippen LogP contribution in [0.5, 0.6) is 0 Å². The van der Waals surface area contributed by atoms with Crippen LogP contribution < -0.4 is 5.32 Å². The molecule has 1 atom stereocenters. The molecule has 0 fully saturated rings. The largest absolute Gasteiger partial charge is 0.324 e. The number of amides is 1. The van der Waals surface area contributed by atoms with Gasteiger partial charge in [-0.15, -0.1) is 0 Å². The fourth-order valence-corrected chi connectivity index (χ4v) is 2.22. The minimum absolute atomic E-state index is 0.264. The maximum Gasteiger partial charge on any atom is 0.248 e. The molecule has 3 rings (SSSR count). The monoisotopic (exact) mass is 286 g/mol. The number of carbonyl (C=O) groups is 1. The predicted molar refractivity (Wildman–Crippen MR) is 76.5 cm³/mol. The number of benzene rings is 2. The first-order chi connectivity index (χ1) is 10.0. The van der Waals surface area contributed by atoms with Crippen LogP contribution in [0.2, 0.25) is 0 Å². The molecule has 0 aromatic heterocycles. The van der Waals surface area contributed by atoms with Gasteiger partial charge in [-0.1, -0.05) is 0 Å². The van der Waals surface area contributed by atoms with Crippen LogP contribution in [0.3, 0.4) is 0 Å². The molecule has 21 heavy (non-hydrogen) atoms. The van der Waals surface area contributed by atoms with Crippen molar-refractivity contribution in [2.75, 3.05) is 5.32 Å². The van der Waals surface area contributed by atoms with Crippen LogP contribution in [-0.2, 0) is 4.79 Å². The Morgan fingerprint density at radius 2 is 1.71 bits per heavy atom. The van der Waals surface area contributed by atoms with E-state index in [0.717, 1.165) is 0 Å². The minimum atomic E-state index is -0.611. The van der Waals surface area contributed by atoms with E-state index < -0.39 is 11.9 Å². The number of benzodiazepines with no additional fused rings is 1. The zero-order valence-electron chi connectivity index (χ0n) is 11.2. The van der Waals surface area contributed by atoms with Crippen molar-refractivity contribution >= 4 is 17.3 Å². The molecule has 1 N–H and O–H groups in total. The molecule has 1 unspecified atom stereocenters. The lowest BCUT2D eigenvalue weighted by molar-refractivity contribution is -0.116. The average Bonchev–Trinajstić information content (AvgIpc) is 2.58. The number of nitrogens with one attached hydrogen (secondary N) is 1. The summed E-state index contributed by atoms with van der Waals surface area (Å²) in [6, 6.07) is 9.22. The number of anilines is 1. The maximum atomic E-state index is 13.5. The predicted octanol–water partition coefficient (Wildman–Crippen LogP) is 3.14. The lowest BCUT2D eigenvalue weighted by Crippen LogP contribution is -2.22. The number of hydrogen-bond acceptors (Lipinski definition) is 2. The Labute approximate surface area is 120 Å². The first-order valence-corrected chi connectivity index (χ1v) is 6.49. The standard InChI is InChI=1S/C16H12F2N2O/c1-9-16(21)20-14-7-6-12(18)8-13(14)15(19-9)10-2-4-11(17)5-3-10/h2-9H,1H3,(H,20,21). The molecule has 1 aliphatic heterocycles. The lowest BCUT2D eigenvalue weighted by Gasteiger charge is -2.10. The number of aliphatic imine (C=N–C) groups is 1. The van der Waals surface area contributed by atoms with E-state index in [2.05, 4.69) is 10.3 Å². The van der Waals surface area contributed by atoms with Crippen LogP contribution in [0, 0.1) is 11.6 Å². The Bertz CT molecular complexity index is 738. The van der Waals surface area contributed by atoms with Crippen LogP contribution in [0.1, 0.15) is 18.1 Å². The van der Waals surface area contributed by atoms with E-state index in [1.54, 1.807) is 19.1 Å². The molecule has 2 aromatic rings. The molecule has 0 radical (unpaired) electrons. The van der Waals surface area contributed by atoms with Gasteiger partial charge in [0.2, 0.25) is 5.91 Å². The van der Waals surface area contributed by atoms with Crippen molar-refractivity contribution in [2.24, 2.45) is 4.99 Å². The van der Waals surface area contributed by atoms with E-state index >= 15 is 0 Å². The first kappa shape index (κ1) is 13.4. The maximum absolute atomic E-state index is 13.5. The van der Waals surface area contributed by atoms with Crippen molar-refractivity contribution in [3.8, 4) is 0 Å². The van der Waals surface area contributed by atoms with Crippen LogP contribution in [0.25, 0.3) is 0 Å². The Kier molecular flexibility index (Phi) is 3.25. The van der Waals surface area contributed by atoms with Gasteiger partial charge in [0.15, 0.2) is 0 Å². The summed E-state index contributed by atoms with van der Waals surface area (Å²) in [5.41, 5.74) is 2.08. The number of nitrogens with zero attached hydrogens (tertiary/aromatic N) is 1. The van der Waals surface area contributed by atoms with Crippen molar-refractivity contribution in [3.63, 3.8) is 0 Å². The minimum Gasteiger partial charge on any atom is -0.324 e. The third kappa shape index (κ3) is 2.54. The zero-order chi connectivity index (χ0) is 15.0. The Morgan fingerprint density at radius 3 is 2.43 bits per heavy atom. The van der Waals surface area contributed by atoms with Crippen molar-refractivity contribution in [1.29, 1.82) is 0 Å². The molecular formula is C16H12F2N2O. The zero-order valence-corrected chi connectivity index (χ0v) is 11.2. The molecule has 5 heteroatoms. The van der Waals surface area contributed by atoms with E-state index in [-0.39, 0.29) is 11.7 Å². The molecule has 1 heterocycles. The fourth-order valence-electron chi connectivity index (χ4n) is 2.22. The average molecular weight is 286 g/mol. The van der Waals surface area contributed by atoms with Gasteiger partial charge in [0.1, 0.15) is 17.7 Å². The van der Waals surface area contributed by atoms with Crippen molar-refractivity contribution in [2.45, 2.75) is 13.0 Å². The summed E-state index contributed by atoms with van der Waals surface area (Å²) >= 11 is 0. The number of fused-ring (bicyclic) bond motifs is 1. The van der Waals surface area contributed by atoms with Gasteiger partial charge >= 0.3 is 0 Å². The molecule has 1 amide bonds. The van der Waals surface area contributed by atoms with E-state index in [4.69, 9.17) is 0 Å². The van der Waals surface area contributed by atoms with Gasteiger partial charge in [-0.05, 0) is 49.4 Å². The second-order valence-corrected chi connectivity index (χ2v) is 4.84. The highest BCUT2D eigenvalue weighted by Gasteiger charge is 2.23. The van der Waals surface area contributed by atoms with E-state index in [0.29, 0.717) is 22.5 Å². The van der Waals surface area contributed by atoms with Gasteiger partial charge in [0.05, 0.1) is 11.4 Å². The Balaban J connectivity index is 2.21. The second kappa shape index (κ2) is 5.09. The highest BCUT2D eigenvalue weighted by Crippen LogP contribution is 2.25. The van der Waals surface area contributed by atoms with Crippen LogP contribution >= 0.6 is 0 Å². The number of hydrogen-bond donors (Lipinski definition) is 1. The molecule has 0 bridgehead atoms. The first-order valence-electron chi connectivity index (χ1n) is 6.49. The lowest BCUT2D eigenvalue weighted by atomic mass is 10.0. The summed E-state index contributed by atoms with van der Waals surface area (Å²) in [5, 5.41) is 2.72. The third-order valence-corrected chi connectivity index (χ3v) is 3.31. The highest BCUT2D eigenvalue weighted by atomic mass is 19.1. The molecule has 1 aliphatic rings. The number of rotatable bonds is 1. The molecule has 0 saturated carbocycles. The van der Waals surface area contributed by atoms with Gasteiger partial charge < -0.3 is 5.32 Å². The second-order valence-electron chi connectivity index (χ2n) is 4.84. The molecule has 2 aromatic carbocycles. The Morgan fingerprint density at radius 1 is 1.05 bits per heavy atom. The summed E-state index contributed by atoms with van der Waals surface area (Å²) in [6.45, 7) is 1.65. The Hall–Kier alpha value is -2.56. The summed E-state index contributed by atoms with van der Waals surface area (Å²) in [5.74, 6) is -1.05. The SMILES string of the molecule is CC1N=C(c2ccc(F)cc2)c2cc(F)ccc2NC1=O. The van der Waals surface area contributed by atoms with E-state index in [9.17, 15) is 13.6 Å². The van der Waals surface area contributed by atoms with Gasteiger partial charge in [-0.2, -0.15) is 0 Å². The molecule has 106 valence electrons. The topological polar surface area (TPSA) is 41.5 Å². The van der Waals surface area contributed by atoms with Crippen molar-refractivity contribution in [1.82, 2.24) is 0 Å². The van der Waals surface area contributed by atoms with Gasteiger partial charge in [0.25, 0.3) is 0 Å². The van der Waals surface area contributed by atoms with Crippen LogP contribution in [0.15, 0.2) is 47.5 Å². The fraction of sp³-hybridized carbons (Fsp3) is 0.125. The molecular weight excluding hydrogens is 274 g/mol. The number of carbonyl (C=O) groups excluding carboxylic acids is 1. The summed E-state index contributed by atoms with van der Waals surface area (Å²) < 4.78 is 26.6. The van der Waals surface area contributed by atoms with Gasteiger partial charge in [-0.3, -0.25) is 9.79 Å². The van der Waals surface area contributed by atoms with Crippen molar-refractivity contribution in [3.05, 3.63) is 65.2 Å². The van der Waals surface area contributed by atoms with Crippen LogP contribution in [-0.4, -0.2) is 17.7 Å². The summed E-state index contributed by atoms with van der Waals surface area (Å²) in [4.78, 5) is 16.3. The van der Waals surface area contributed by atoms with Gasteiger partial charge in [-0.25, -0.2) is 8.78 Å². The van der Waals surface area contributed by atoms with E-state index in [1.165, 1.54) is 30.3 Å². The number of halogens is 2. The quantitative estimate of drug-likeness (QED) is 0.859. The third-order valence-electron chi connectivity index (χ3n) is 3.31. The van der Waals surface area contributed by atoms with Crippen molar-refractivity contribution < 1.29 is 13.6 Å². The van der Waals surface area contributed by atoms with E-state index in [1.807, 2.05) is 0 Å². The van der Waals surface area contributed by atoms with Crippen LogP contribution in [0.4, 0.5) is 14.5 Å². The van der Waals surface area contributed by atoms with Gasteiger partial charge in [0, 0.05) is 11.1 Å². The summed E-state index contributed by atoms with van der Waals surface area (Å²) in [7, 11) is 0. The highest BCUT2D eigenvalue weighted by molar-refractivity contribution is 6.19.